The SMILES string of the molecule is COC(=O)Nc1cccc(C(=O)NCCC(=O)N2CCCCCC2)c1. The highest BCUT2D eigenvalue weighted by Crippen LogP contribution is 2.12. The van der Waals surface area contributed by atoms with Gasteiger partial charge in [-0.25, -0.2) is 4.79 Å². The fraction of sp³-hybridized carbons (Fsp3) is 0.500. The zero-order chi connectivity index (χ0) is 18.1. The molecule has 0 saturated carbocycles. The van der Waals surface area contributed by atoms with Crippen molar-refractivity contribution in [3.05, 3.63) is 29.8 Å². The fourth-order valence-corrected chi connectivity index (χ4v) is 2.77. The van der Waals surface area contributed by atoms with Crippen molar-refractivity contribution in [2.45, 2.75) is 32.1 Å². The number of nitrogens with one attached hydrogen (secondary N) is 2. The van der Waals surface area contributed by atoms with Gasteiger partial charge in [-0.3, -0.25) is 14.9 Å². The summed E-state index contributed by atoms with van der Waals surface area (Å²) in [6.07, 6.45) is 4.16. The van der Waals surface area contributed by atoms with E-state index in [0.29, 0.717) is 24.2 Å². The van der Waals surface area contributed by atoms with Crippen LogP contribution >= 0.6 is 0 Å². The molecule has 1 aromatic rings. The predicted molar refractivity (Wildman–Crippen MR) is 94.5 cm³/mol. The molecular weight excluding hydrogens is 322 g/mol. The number of methoxy groups -OCH3 is 1. The zero-order valence-corrected chi connectivity index (χ0v) is 14.5. The number of ether oxygens (including phenoxy) is 1. The van der Waals surface area contributed by atoms with Gasteiger partial charge in [0.05, 0.1) is 7.11 Å². The third-order valence-electron chi connectivity index (χ3n) is 4.14. The van der Waals surface area contributed by atoms with Crippen LogP contribution in [0.3, 0.4) is 0 Å². The monoisotopic (exact) mass is 347 g/mol. The van der Waals surface area contributed by atoms with Gasteiger partial charge in [-0.05, 0) is 31.0 Å². The predicted octanol–water partition coefficient (Wildman–Crippen LogP) is 2.39. The number of hydrogen-bond donors (Lipinski definition) is 2. The molecule has 7 nitrogen and oxygen atoms in total. The average molecular weight is 347 g/mol. The van der Waals surface area contributed by atoms with Crippen molar-refractivity contribution in [3.8, 4) is 0 Å². The lowest BCUT2D eigenvalue weighted by Crippen LogP contribution is -2.35. The molecule has 0 spiro atoms. The molecule has 2 N–H and O–H groups in total. The van der Waals surface area contributed by atoms with Crippen LogP contribution in [0.4, 0.5) is 10.5 Å². The smallest absolute Gasteiger partial charge is 0.411 e. The van der Waals surface area contributed by atoms with Gasteiger partial charge in [-0.15, -0.1) is 0 Å². The maximum atomic E-state index is 12.2. The Morgan fingerprint density at radius 1 is 1.12 bits per heavy atom. The van der Waals surface area contributed by atoms with Gasteiger partial charge in [-0.2, -0.15) is 0 Å². The molecule has 1 aliphatic heterocycles. The van der Waals surface area contributed by atoms with Gasteiger partial charge in [0.15, 0.2) is 0 Å². The first-order chi connectivity index (χ1) is 12.1. The van der Waals surface area contributed by atoms with Crippen molar-refractivity contribution in [2.24, 2.45) is 0 Å². The summed E-state index contributed by atoms with van der Waals surface area (Å²) >= 11 is 0. The quantitative estimate of drug-likeness (QED) is 0.856. The zero-order valence-electron chi connectivity index (χ0n) is 14.5. The van der Waals surface area contributed by atoms with Crippen LogP contribution in [-0.4, -0.2) is 49.6 Å². The lowest BCUT2D eigenvalue weighted by molar-refractivity contribution is -0.131. The molecular formula is C18H25N3O4. The van der Waals surface area contributed by atoms with E-state index in [9.17, 15) is 14.4 Å². The van der Waals surface area contributed by atoms with E-state index in [1.54, 1.807) is 24.3 Å². The largest absolute Gasteiger partial charge is 0.453 e. The topological polar surface area (TPSA) is 87.7 Å². The van der Waals surface area contributed by atoms with Gasteiger partial charge in [0.25, 0.3) is 5.91 Å². The molecule has 136 valence electrons. The molecule has 0 bridgehead atoms. The van der Waals surface area contributed by atoms with Crippen LogP contribution in [0.5, 0.6) is 0 Å². The number of hydrogen-bond acceptors (Lipinski definition) is 4. The minimum atomic E-state index is -0.597. The number of benzene rings is 1. The van der Waals surface area contributed by atoms with E-state index in [-0.39, 0.29) is 11.8 Å². The van der Waals surface area contributed by atoms with Crippen molar-refractivity contribution in [3.63, 3.8) is 0 Å². The normalized spacial score (nSPS) is 14.4. The van der Waals surface area contributed by atoms with Crippen LogP contribution < -0.4 is 10.6 Å². The number of rotatable bonds is 5. The summed E-state index contributed by atoms with van der Waals surface area (Å²) in [6.45, 7) is 1.92. The van der Waals surface area contributed by atoms with Crippen molar-refractivity contribution in [1.82, 2.24) is 10.2 Å². The number of amides is 3. The van der Waals surface area contributed by atoms with Gasteiger partial charge in [0.2, 0.25) is 5.91 Å². The van der Waals surface area contributed by atoms with Crippen molar-refractivity contribution in [2.75, 3.05) is 32.1 Å². The second kappa shape index (κ2) is 9.66. The van der Waals surface area contributed by atoms with Crippen molar-refractivity contribution < 1.29 is 19.1 Å². The highest BCUT2D eigenvalue weighted by atomic mass is 16.5. The Hall–Kier alpha value is -2.57. The van der Waals surface area contributed by atoms with Crippen LogP contribution in [-0.2, 0) is 9.53 Å². The summed E-state index contributed by atoms with van der Waals surface area (Å²) in [4.78, 5) is 37.5. The number of anilines is 1. The molecule has 1 aromatic carbocycles. The van der Waals surface area contributed by atoms with E-state index in [2.05, 4.69) is 15.4 Å². The molecule has 3 amide bonds. The van der Waals surface area contributed by atoms with Gasteiger partial charge in [0.1, 0.15) is 0 Å². The summed E-state index contributed by atoms with van der Waals surface area (Å²) in [6, 6.07) is 6.54. The van der Waals surface area contributed by atoms with Crippen LogP contribution in [0.15, 0.2) is 24.3 Å². The summed E-state index contributed by atoms with van der Waals surface area (Å²) in [5, 5.41) is 5.26. The Bertz CT molecular complexity index is 610. The van der Waals surface area contributed by atoms with E-state index in [1.807, 2.05) is 4.90 Å². The maximum absolute atomic E-state index is 12.2. The maximum Gasteiger partial charge on any atom is 0.411 e. The van der Waals surface area contributed by atoms with E-state index in [4.69, 9.17) is 0 Å². The molecule has 1 aliphatic rings. The molecule has 0 aromatic heterocycles. The van der Waals surface area contributed by atoms with Crippen LogP contribution in [0.1, 0.15) is 42.5 Å². The second-order valence-corrected chi connectivity index (χ2v) is 6.00. The lowest BCUT2D eigenvalue weighted by Gasteiger charge is -2.20. The summed E-state index contributed by atoms with van der Waals surface area (Å²) in [5.41, 5.74) is 0.885. The van der Waals surface area contributed by atoms with Gasteiger partial charge in [-0.1, -0.05) is 18.9 Å². The fourth-order valence-electron chi connectivity index (χ4n) is 2.77. The first-order valence-corrected chi connectivity index (χ1v) is 8.61. The van der Waals surface area contributed by atoms with Gasteiger partial charge < -0.3 is 15.0 Å². The molecule has 2 rings (SSSR count). The number of carbonyl (C=O) groups excluding carboxylic acids is 3. The van der Waals surface area contributed by atoms with Crippen molar-refractivity contribution in [1.29, 1.82) is 0 Å². The van der Waals surface area contributed by atoms with E-state index in [1.165, 1.54) is 20.0 Å². The molecule has 0 aliphatic carbocycles. The Morgan fingerprint density at radius 3 is 2.52 bits per heavy atom. The Kier molecular flexibility index (Phi) is 7.25. The molecule has 0 atom stereocenters. The highest BCUT2D eigenvalue weighted by molar-refractivity contribution is 5.96. The molecule has 0 radical (unpaired) electrons. The van der Waals surface area contributed by atoms with E-state index in [0.717, 1.165) is 25.9 Å². The van der Waals surface area contributed by atoms with Crippen LogP contribution in [0, 0.1) is 0 Å². The third kappa shape index (κ3) is 6.10. The Morgan fingerprint density at radius 2 is 1.84 bits per heavy atom. The van der Waals surface area contributed by atoms with Crippen LogP contribution in [0.25, 0.3) is 0 Å². The van der Waals surface area contributed by atoms with Crippen molar-refractivity contribution >= 4 is 23.6 Å². The Labute approximate surface area is 147 Å². The summed E-state index contributed by atoms with van der Waals surface area (Å²) in [5.74, 6) is -0.194. The average Bonchev–Trinajstić information content (AvgIpc) is 2.91. The molecule has 7 heteroatoms. The molecule has 25 heavy (non-hydrogen) atoms. The number of likely N-dealkylation sites (tertiary alicyclic amines) is 1. The standard InChI is InChI=1S/C18H25N3O4/c1-25-18(24)20-15-8-6-7-14(13-15)17(23)19-10-9-16(22)21-11-4-2-3-5-12-21/h6-8,13H,2-5,9-12H2,1H3,(H,19,23)(H,20,24). The van der Waals surface area contributed by atoms with E-state index < -0.39 is 6.09 Å². The highest BCUT2D eigenvalue weighted by Gasteiger charge is 2.15. The van der Waals surface area contributed by atoms with E-state index >= 15 is 0 Å². The molecule has 0 unspecified atom stereocenters. The summed E-state index contributed by atoms with van der Waals surface area (Å²) in [7, 11) is 1.27. The second-order valence-electron chi connectivity index (χ2n) is 6.00. The molecule has 1 saturated heterocycles. The summed E-state index contributed by atoms with van der Waals surface area (Å²) < 4.78 is 4.52. The number of nitrogens with zero attached hydrogens (tertiary/aromatic N) is 1. The third-order valence-corrected chi connectivity index (χ3v) is 4.14. The first kappa shape index (κ1) is 18.8. The molecule has 1 fully saturated rings. The minimum absolute atomic E-state index is 0.0864. The lowest BCUT2D eigenvalue weighted by atomic mass is 10.2. The first-order valence-electron chi connectivity index (χ1n) is 8.61. The number of carbonyl (C=O) groups is 3. The minimum Gasteiger partial charge on any atom is -0.453 e. The molecule has 1 heterocycles. The van der Waals surface area contributed by atoms with Crippen LogP contribution in [0.2, 0.25) is 0 Å². The van der Waals surface area contributed by atoms with Gasteiger partial charge in [0, 0.05) is 37.3 Å². The Balaban J connectivity index is 1.80. The van der Waals surface area contributed by atoms with Gasteiger partial charge >= 0.3 is 6.09 Å².